The molecule has 14 heteroatoms. The molecule has 0 bridgehead atoms. The molecule has 58 heavy (non-hydrogen) atoms. The summed E-state index contributed by atoms with van der Waals surface area (Å²) in [7, 11) is -4.03. The summed E-state index contributed by atoms with van der Waals surface area (Å²) < 4.78 is 42.8. The van der Waals surface area contributed by atoms with Crippen LogP contribution in [0.1, 0.15) is 46.6 Å². The molecule has 0 spiro atoms. The van der Waals surface area contributed by atoms with Gasteiger partial charge in [-0.05, 0) is 66.4 Å². The van der Waals surface area contributed by atoms with Crippen molar-refractivity contribution in [1.82, 2.24) is 9.62 Å². The predicted octanol–water partition coefficient (Wildman–Crippen LogP) is 6.29. The van der Waals surface area contributed by atoms with Gasteiger partial charge in [-0.25, -0.2) is 8.42 Å². The fourth-order valence-corrected chi connectivity index (χ4v) is 8.49. The number of hydrogen-bond donors (Lipinski definition) is 3. The molecule has 5 aromatic carbocycles. The van der Waals surface area contributed by atoms with E-state index in [9.17, 15) is 28.4 Å². The molecule has 302 valence electrons. The molecule has 0 unspecified atom stereocenters. The summed E-state index contributed by atoms with van der Waals surface area (Å²) >= 11 is 0. The Bertz CT molecular complexity index is 2270. The van der Waals surface area contributed by atoms with Gasteiger partial charge in [0.25, 0.3) is 5.69 Å². The average molecular weight is 806 g/mol. The Labute approximate surface area is 338 Å². The lowest BCUT2D eigenvalue weighted by Crippen LogP contribution is -2.49. The predicted molar refractivity (Wildman–Crippen MR) is 221 cm³/mol. The molecule has 1 amide bonds. The standard InChI is InChI=1S/C44H47N5O8S/c1-31-10-20-40(21-11-31)58(54,55)46-41(26-32-6-3-2-4-7-32)43(51)45-36-9-5-8-35(27-36)44-56-39(28-42(57-44)34-14-12-33(30-50)13-15-34)29-47-22-24-48(25-23-47)37-16-18-38(19-17-37)49(52)53/h2-21,27,39,41-42,44,46,50H,22-26,28-30H2,1H3,(H,45,51)/t39-,41+,42+,44+/m0/s1. The summed E-state index contributed by atoms with van der Waals surface area (Å²) in [5.41, 5.74) is 5.61. The fourth-order valence-electron chi connectivity index (χ4n) is 7.30. The van der Waals surface area contributed by atoms with E-state index in [1.165, 1.54) is 24.3 Å². The zero-order chi connectivity index (χ0) is 40.6. The Morgan fingerprint density at radius 2 is 1.55 bits per heavy atom. The van der Waals surface area contributed by atoms with Crippen LogP contribution in [0.15, 0.2) is 132 Å². The maximum absolute atomic E-state index is 13.9. The summed E-state index contributed by atoms with van der Waals surface area (Å²) in [5.74, 6) is -0.519. The Balaban J connectivity index is 1.07. The molecule has 0 aliphatic carbocycles. The number of non-ortho nitro benzene ring substituents is 1. The van der Waals surface area contributed by atoms with E-state index in [4.69, 9.17) is 9.47 Å². The Morgan fingerprint density at radius 3 is 2.22 bits per heavy atom. The number of aliphatic hydroxyl groups is 1. The number of nitro groups is 1. The Morgan fingerprint density at radius 1 is 0.845 bits per heavy atom. The van der Waals surface area contributed by atoms with Crippen LogP contribution in [0.3, 0.4) is 0 Å². The lowest BCUT2D eigenvalue weighted by Gasteiger charge is -2.41. The number of nitro benzene ring substituents is 1. The minimum absolute atomic E-state index is 0.0653. The number of sulfonamides is 1. The fraction of sp³-hybridized carbons (Fsp3) is 0.295. The highest BCUT2D eigenvalue weighted by atomic mass is 32.2. The highest BCUT2D eigenvalue weighted by Gasteiger charge is 2.34. The highest BCUT2D eigenvalue weighted by Crippen LogP contribution is 2.39. The minimum Gasteiger partial charge on any atom is -0.392 e. The Hall–Kier alpha value is -5.48. The summed E-state index contributed by atoms with van der Waals surface area (Å²) in [6.07, 6.45) is -0.581. The van der Waals surface area contributed by atoms with Crippen LogP contribution in [0.25, 0.3) is 0 Å². The number of aliphatic hydroxyl groups excluding tert-OH is 1. The van der Waals surface area contributed by atoms with Gasteiger partial charge >= 0.3 is 0 Å². The summed E-state index contributed by atoms with van der Waals surface area (Å²) in [6, 6.07) is 36.1. The quantitative estimate of drug-likeness (QED) is 0.0859. The van der Waals surface area contributed by atoms with E-state index in [0.717, 1.165) is 54.1 Å². The molecule has 2 saturated heterocycles. The molecule has 2 heterocycles. The molecular formula is C44H47N5O8S. The molecule has 2 fully saturated rings. The van der Waals surface area contributed by atoms with Crippen LogP contribution in [-0.2, 0) is 37.3 Å². The van der Waals surface area contributed by atoms with Gasteiger partial charge in [0.15, 0.2) is 6.29 Å². The maximum Gasteiger partial charge on any atom is 0.269 e. The number of anilines is 2. The second-order valence-electron chi connectivity index (χ2n) is 14.7. The number of carbonyl (C=O) groups is 1. The van der Waals surface area contributed by atoms with Crippen LogP contribution >= 0.6 is 0 Å². The zero-order valence-corrected chi connectivity index (χ0v) is 33.0. The van der Waals surface area contributed by atoms with E-state index < -0.39 is 33.2 Å². The lowest BCUT2D eigenvalue weighted by molar-refractivity contribution is -0.384. The molecule has 2 aliphatic rings. The first-order valence-electron chi connectivity index (χ1n) is 19.3. The van der Waals surface area contributed by atoms with Crippen molar-refractivity contribution in [3.05, 3.63) is 165 Å². The first-order valence-corrected chi connectivity index (χ1v) is 20.8. The molecular weight excluding hydrogens is 759 g/mol. The van der Waals surface area contributed by atoms with E-state index in [1.807, 2.05) is 67.6 Å². The average Bonchev–Trinajstić information content (AvgIpc) is 3.24. The summed E-state index contributed by atoms with van der Waals surface area (Å²) in [4.78, 5) is 29.3. The van der Waals surface area contributed by atoms with Crippen LogP contribution in [0, 0.1) is 17.0 Å². The molecule has 0 radical (unpaired) electrons. The minimum atomic E-state index is -4.03. The maximum atomic E-state index is 13.9. The van der Waals surface area contributed by atoms with E-state index >= 15 is 0 Å². The van der Waals surface area contributed by atoms with Gasteiger partial charge in [-0.2, -0.15) is 4.72 Å². The second kappa shape index (κ2) is 18.4. The number of amides is 1. The SMILES string of the molecule is Cc1ccc(S(=O)(=O)N[C@H](Cc2ccccc2)C(=O)Nc2cccc([C@@H]3O[C@H](CN4CCN(c5ccc([N+](=O)[O-])cc5)CC4)C[C@H](c4ccc(CO)cc4)O3)c2)cc1. The van der Waals surface area contributed by atoms with Gasteiger partial charge in [0.2, 0.25) is 15.9 Å². The highest BCUT2D eigenvalue weighted by molar-refractivity contribution is 7.89. The number of aryl methyl sites for hydroxylation is 1. The smallest absolute Gasteiger partial charge is 0.269 e. The third-order valence-electron chi connectivity index (χ3n) is 10.5. The van der Waals surface area contributed by atoms with Crippen LogP contribution in [0.2, 0.25) is 0 Å². The van der Waals surface area contributed by atoms with E-state index in [2.05, 4.69) is 19.8 Å². The van der Waals surface area contributed by atoms with Crippen molar-refractivity contribution < 1.29 is 32.7 Å². The van der Waals surface area contributed by atoms with E-state index in [0.29, 0.717) is 24.2 Å². The number of ether oxygens (including phenoxy) is 2. The number of carbonyl (C=O) groups excluding carboxylic acids is 1. The van der Waals surface area contributed by atoms with Gasteiger partial charge in [0.05, 0.1) is 28.6 Å². The van der Waals surface area contributed by atoms with Gasteiger partial charge in [-0.3, -0.25) is 19.8 Å². The van der Waals surface area contributed by atoms with Crippen LogP contribution in [-0.4, -0.2) is 74.1 Å². The van der Waals surface area contributed by atoms with Crippen molar-refractivity contribution in [1.29, 1.82) is 0 Å². The molecule has 5 aromatic rings. The van der Waals surface area contributed by atoms with Crippen molar-refractivity contribution in [2.75, 3.05) is 42.9 Å². The number of piperazine rings is 1. The molecule has 0 aromatic heterocycles. The first-order chi connectivity index (χ1) is 28.0. The normalized spacial score (nSPS) is 19.3. The van der Waals surface area contributed by atoms with Crippen LogP contribution in [0.4, 0.5) is 17.1 Å². The monoisotopic (exact) mass is 805 g/mol. The van der Waals surface area contributed by atoms with Crippen LogP contribution in [0.5, 0.6) is 0 Å². The third-order valence-corrected chi connectivity index (χ3v) is 12.0. The van der Waals surface area contributed by atoms with Gasteiger partial charge in [-0.15, -0.1) is 0 Å². The van der Waals surface area contributed by atoms with Crippen LogP contribution < -0.4 is 14.9 Å². The van der Waals surface area contributed by atoms with Crippen molar-refractivity contribution in [3.63, 3.8) is 0 Å². The van der Waals surface area contributed by atoms with E-state index in [1.54, 1.807) is 42.5 Å². The largest absolute Gasteiger partial charge is 0.392 e. The number of nitrogens with zero attached hydrogens (tertiary/aromatic N) is 3. The molecule has 7 rings (SSSR count). The van der Waals surface area contributed by atoms with Crippen molar-refractivity contribution in [2.24, 2.45) is 0 Å². The topological polar surface area (TPSA) is 164 Å². The van der Waals surface area contributed by atoms with Crippen molar-refractivity contribution >= 4 is 33.0 Å². The summed E-state index contributed by atoms with van der Waals surface area (Å²) in [5, 5.41) is 23.7. The molecule has 3 N–H and O–H groups in total. The van der Waals surface area contributed by atoms with E-state index in [-0.39, 0.29) is 35.8 Å². The number of nitrogens with one attached hydrogen (secondary N) is 2. The van der Waals surface area contributed by atoms with Crippen molar-refractivity contribution in [2.45, 2.75) is 55.8 Å². The summed E-state index contributed by atoms with van der Waals surface area (Å²) in [6.45, 7) is 5.52. The zero-order valence-electron chi connectivity index (χ0n) is 32.1. The lowest BCUT2D eigenvalue weighted by atomic mass is 9.99. The number of hydrogen-bond acceptors (Lipinski definition) is 10. The molecule has 0 saturated carbocycles. The van der Waals surface area contributed by atoms with Gasteiger partial charge in [-0.1, -0.05) is 84.4 Å². The van der Waals surface area contributed by atoms with Crippen molar-refractivity contribution in [3.8, 4) is 0 Å². The molecule has 13 nitrogen and oxygen atoms in total. The molecule has 4 atom stereocenters. The first kappa shape index (κ1) is 40.7. The Kier molecular flexibility index (Phi) is 12.9. The third kappa shape index (κ3) is 10.3. The second-order valence-corrected chi connectivity index (χ2v) is 16.4. The van der Waals surface area contributed by atoms with Gasteiger partial charge < -0.3 is 24.8 Å². The van der Waals surface area contributed by atoms with Gasteiger partial charge in [0.1, 0.15) is 6.04 Å². The number of rotatable bonds is 14. The van der Waals surface area contributed by atoms with Gasteiger partial charge in [0, 0.05) is 68.2 Å². The number of benzene rings is 5. The molecule has 2 aliphatic heterocycles.